The van der Waals surface area contributed by atoms with E-state index < -0.39 is 0 Å². The van der Waals surface area contributed by atoms with E-state index in [1.807, 2.05) is 18.2 Å². The molecule has 5 nitrogen and oxygen atoms in total. The molecule has 1 aromatic carbocycles. The van der Waals surface area contributed by atoms with E-state index in [0.29, 0.717) is 6.54 Å². The van der Waals surface area contributed by atoms with Crippen LogP contribution in [-0.4, -0.2) is 29.2 Å². The van der Waals surface area contributed by atoms with Gasteiger partial charge in [-0.2, -0.15) is 0 Å². The van der Waals surface area contributed by atoms with E-state index >= 15 is 0 Å². The highest BCUT2D eigenvalue weighted by atomic mass is 16.5. The van der Waals surface area contributed by atoms with E-state index in [1.54, 1.807) is 0 Å². The van der Waals surface area contributed by atoms with Gasteiger partial charge in [-0.05, 0) is 18.6 Å². The van der Waals surface area contributed by atoms with Crippen LogP contribution in [0.5, 0.6) is 0 Å². The topological polar surface area (TPSA) is 56.2 Å². The number of rotatable bonds is 6. The molecule has 0 amide bonds. The van der Waals surface area contributed by atoms with Crippen LogP contribution in [0.1, 0.15) is 19.2 Å². The lowest BCUT2D eigenvalue weighted by Gasteiger charge is -2.08. The molecule has 0 unspecified atom stereocenters. The smallest absolute Gasteiger partial charge is 0.319 e. The van der Waals surface area contributed by atoms with Gasteiger partial charge in [-0.1, -0.05) is 19.1 Å². The fourth-order valence-corrected chi connectivity index (χ4v) is 2.08. The van der Waals surface area contributed by atoms with E-state index in [0.717, 1.165) is 29.8 Å². The molecule has 19 heavy (non-hydrogen) atoms. The second kappa shape index (κ2) is 6.33. The number of fused-ring (bicyclic) bond motifs is 1. The Morgan fingerprint density at radius 1 is 1.42 bits per heavy atom. The molecule has 0 fully saturated rings. The van der Waals surface area contributed by atoms with Crippen molar-refractivity contribution in [3.05, 3.63) is 30.1 Å². The average molecular weight is 261 g/mol. The molecule has 0 aliphatic rings. The average Bonchev–Trinajstić information content (AvgIpc) is 2.77. The number of hydrogen-bond donors (Lipinski definition) is 1. The fourth-order valence-electron chi connectivity index (χ4n) is 2.08. The van der Waals surface area contributed by atoms with Crippen molar-refractivity contribution in [1.82, 2.24) is 14.9 Å². The molecule has 0 saturated carbocycles. The fraction of sp³-hybridized carbons (Fsp3) is 0.429. The van der Waals surface area contributed by atoms with E-state index in [9.17, 15) is 4.79 Å². The summed E-state index contributed by atoms with van der Waals surface area (Å²) in [4.78, 5) is 15.7. The lowest BCUT2D eigenvalue weighted by molar-refractivity contribution is -0.139. The van der Waals surface area contributed by atoms with E-state index in [1.165, 1.54) is 7.11 Å². The number of para-hydroxylation sites is 2. The Hall–Kier alpha value is -1.88. The number of nitrogens with zero attached hydrogens (tertiary/aromatic N) is 2. The van der Waals surface area contributed by atoms with Gasteiger partial charge in [-0.25, -0.2) is 4.98 Å². The Bertz CT molecular complexity index is 563. The summed E-state index contributed by atoms with van der Waals surface area (Å²) in [5, 5.41) is 3.05. The minimum atomic E-state index is -0.266. The number of carbonyl (C=O) groups is 1. The normalized spacial score (nSPS) is 10.8. The van der Waals surface area contributed by atoms with E-state index in [2.05, 4.69) is 32.6 Å². The van der Waals surface area contributed by atoms with Gasteiger partial charge in [0.2, 0.25) is 0 Å². The predicted octanol–water partition coefficient (Wildman–Crippen LogP) is 1.71. The lowest BCUT2D eigenvalue weighted by Crippen LogP contribution is -2.25. The molecule has 0 atom stereocenters. The van der Waals surface area contributed by atoms with Gasteiger partial charge in [-0.3, -0.25) is 10.1 Å². The first-order chi connectivity index (χ1) is 9.26. The molecule has 0 saturated heterocycles. The van der Waals surface area contributed by atoms with Crippen LogP contribution in [0.25, 0.3) is 11.0 Å². The Morgan fingerprint density at radius 2 is 2.21 bits per heavy atom. The van der Waals surface area contributed by atoms with Crippen LogP contribution in [0.4, 0.5) is 0 Å². The monoisotopic (exact) mass is 261 g/mol. The highest BCUT2D eigenvalue weighted by molar-refractivity contribution is 5.76. The van der Waals surface area contributed by atoms with Crippen LogP contribution in [0.2, 0.25) is 0 Å². The van der Waals surface area contributed by atoms with Crippen LogP contribution in [0.3, 0.4) is 0 Å². The maximum atomic E-state index is 11.1. The maximum Gasteiger partial charge on any atom is 0.319 e. The molecule has 0 spiro atoms. The maximum absolute atomic E-state index is 11.1. The largest absolute Gasteiger partial charge is 0.468 e. The minimum absolute atomic E-state index is 0.200. The van der Waals surface area contributed by atoms with Crippen LogP contribution in [0, 0.1) is 0 Å². The number of methoxy groups -OCH3 is 1. The Kier molecular flexibility index (Phi) is 4.52. The van der Waals surface area contributed by atoms with Gasteiger partial charge in [0.1, 0.15) is 5.82 Å². The zero-order valence-corrected chi connectivity index (χ0v) is 11.3. The molecule has 1 N–H and O–H groups in total. The van der Waals surface area contributed by atoms with Gasteiger partial charge < -0.3 is 9.30 Å². The third-order valence-corrected chi connectivity index (χ3v) is 2.96. The molecular formula is C14H19N3O2. The lowest BCUT2D eigenvalue weighted by atomic mass is 10.3. The highest BCUT2D eigenvalue weighted by Gasteiger charge is 2.09. The first kappa shape index (κ1) is 13.5. The number of hydrogen-bond acceptors (Lipinski definition) is 4. The zero-order valence-electron chi connectivity index (χ0n) is 11.3. The molecule has 102 valence electrons. The Balaban J connectivity index is 2.16. The van der Waals surface area contributed by atoms with Crippen molar-refractivity contribution < 1.29 is 9.53 Å². The summed E-state index contributed by atoms with van der Waals surface area (Å²) in [7, 11) is 1.39. The number of nitrogens with one attached hydrogen (secondary N) is 1. The molecule has 5 heteroatoms. The van der Waals surface area contributed by atoms with Crippen molar-refractivity contribution in [2.75, 3.05) is 13.7 Å². The van der Waals surface area contributed by atoms with Gasteiger partial charge in [0.25, 0.3) is 0 Å². The molecule has 0 bridgehead atoms. The number of aromatic nitrogens is 2. The van der Waals surface area contributed by atoms with E-state index in [-0.39, 0.29) is 12.5 Å². The summed E-state index contributed by atoms with van der Waals surface area (Å²) < 4.78 is 6.79. The van der Waals surface area contributed by atoms with Gasteiger partial charge in [0.05, 0.1) is 31.2 Å². The third kappa shape index (κ3) is 3.12. The van der Waals surface area contributed by atoms with Crippen molar-refractivity contribution in [3.8, 4) is 0 Å². The van der Waals surface area contributed by atoms with Crippen LogP contribution >= 0.6 is 0 Å². The van der Waals surface area contributed by atoms with Crippen LogP contribution < -0.4 is 5.32 Å². The number of esters is 1. The van der Waals surface area contributed by atoms with E-state index in [4.69, 9.17) is 0 Å². The first-order valence-electron chi connectivity index (χ1n) is 6.48. The number of imidazole rings is 1. The number of benzene rings is 1. The summed E-state index contributed by atoms with van der Waals surface area (Å²) in [5.74, 6) is 0.685. The van der Waals surface area contributed by atoms with Gasteiger partial charge in [0.15, 0.2) is 0 Å². The summed E-state index contributed by atoms with van der Waals surface area (Å²) in [6, 6.07) is 8.08. The van der Waals surface area contributed by atoms with Crippen molar-refractivity contribution in [2.45, 2.75) is 26.4 Å². The number of aryl methyl sites for hydroxylation is 1. The van der Waals surface area contributed by atoms with Crippen LogP contribution in [0.15, 0.2) is 24.3 Å². The molecule has 2 aromatic rings. The number of carbonyl (C=O) groups excluding carboxylic acids is 1. The summed E-state index contributed by atoms with van der Waals surface area (Å²) in [5.41, 5.74) is 2.13. The van der Waals surface area contributed by atoms with Crippen molar-refractivity contribution in [3.63, 3.8) is 0 Å². The molecule has 2 rings (SSSR count). The Labute approximate surface area is 112 Å². The van der Waals surface area contributed by atoms with Crippen molar-refractivity contribution >= 4 is 17.0 Å². The molecule has 1 heterocycles. The number of ether oxygens (including phenoxy) is 1. The molecule has 0 aliphatic carbocycles. The highest BCUT2D eigenvalue weighted by Crippen LogP contribution is 2.16. The summed E-state index contributed by atoms with van der Waals surface area (Å²) in [6.07, 6.45) is 1.05. The second-order valence-electron chi connectivity index (χ2n) is 4.35. The molecular weight excluding hydrogens is 242 g/mol. The SMILES string of the molecule is CCCn1c(CNCC(=O)OC)nc2ccccc21. The first-order valence-corrected chi connectivity index (χ1v) is 6.48. The van der Waals surface area contributed by atoms with Gasteiger partial charge in [-0.15, -0.1) is 0 Å². The molecule has 1 aromatic heterocycles. The van der Waals surface area contributed by atoms with Crippen LogP contribution in [-0.2, 0) is 22.6 Å². The summed E-state index contributed by atoms with van der Waals surface area (Å²) >= 11 is 0. The molecule has 0 aliphatic heterocycles. The zero-order chi connectivity index (χ0) is 13.7. The quantitative estimate of drug-likeness (QED) is 0.804. The second-order valence-corrected chi connectivity index (χ2v) is 4.35. The summed E-state index contributed by atoms with van der Waals surface area (Å²) in [6.45, 7) is 3.83. The predicted molar refractivity (Wildman–Crippen MR) is 73.7 cm³/mol. The van der Waals surface area contributed by atoms with Gasteiger partial charge in [0, 0.05) is 6.54 Å². The van der Waals surface area contributed by atoms with Crippen molar-refractivity contribution in [1.29, 1.82) is 0 Å². The van der Waals surface area contributed by atoms with Crippen molar-refractivity contribution in [2.24, 2.45) is 0 Å². The molecule has 0 radical (unpaired) electrons. The Morgan fingerprint density at radius 3 is 2.95 bits per heavy atom. The van der Waals surface area contributed by atoms with Gasteiger partial charge >= 0.3 is 5.97 Å². The standard InChI is InChI=1S/C14H19N3O2/c1-3-8-17-12-7-5-4-6-11(12)16-13(17)9-15-10-14(18)19-2/h4-7,15H,3,8-10H2,1-2H3. The minimum Gasteiger partial charge on any atom is -0.468 e. The third-order valence-electron chi connectivity index (χ3n) is 2.96.